The van der Waals surface area contributed by atoms with Gasteiger partial charge in [-0.2, -0.15) is 0 Å². The van der Waals surface area contributed by atoms with Crippen molar-refractivity contribution in [3.8, 4) is 0 Å². The van der Waals surface area contributed by atoms with Crippen molar-refractivity contribution in [3.05, 3.63) is 83.7 Å². The summed E-state index contributed by atoms with van der Waals surface area (Å²) in [4.78, 5) is 25.2. The second kappa shape index (κ2) is 8.76. The molecule has 0 radical (unpaired) electrons. The summed E-state index contributed by atoms with van der Waals surface area (Å²) in [6, 6.07) is 20.0. The topological polar surface area (TPSA) is 46.1 Å². The molecule has 0 saturated heterocycles. The molecular formula is C23H21N3OS2. The summed E-state index contributed by atoms with van der Waals surface area (Å²) >= 11 is 3.11. The minimum absolute atomic E-state index is 0.0259. The highest BCUT2D eigenvalue weighted by Gasteiger charge is 2.21. The quantitative estimate of drug-likeness (QED) is 0.380. The molecule has 4 nitrogen and oxygen atoms in total. The monoisotopic (exact) mass is 419 g/mol. The van der Waals surface area contributed by atoms with Gasteiger partial charge in [0.2, 0.25) is 5.91 Å². The van der Waals surface area contributed by atoms with Gasteiger partial charge in [0.15, 0.2) is 5.13 Å². The molecule has 0 aliphatic carbocycles. The van der Waals surface area contributed by atoms with Crippen LogP contribution in [0, 0.1) is 13.8 Å². The van der Waals surface area contributed by atoms with E-state index in [-0.39, 0.29) is 5.91 Å². The average molecular weight is 420 g/mol. The Morgan fingerprint density at radius 1 is 1.07 bits per heavy atom. The van der Waals surface area contributed by atoms with Crippen molar-refractivity contribution in [1.29, 1.82) is 0 Å². The van der Waals surface area contributed by atoms with Crippen LogP contribution >= 0.6 is 23.1 Å². The Labute approximate surface area is 178 Å². The molecule has 0 bridgehead atoms. The number of amides is 1. The van der Waals surface area contributed by atoms with Crippen molar-refractivity contribution in [3.63, 3.8) is 0 Å². The van der Waals surface area contributed by atoms with Crippen LogP contribution in [0.5, 0.6) is 0 Å². The van der Waals surface area contributed by atoms with Crippen LogP contribution in [0.4, 0.5) is 5.13 Å². The molecule has 1 amide bonds. The minimum atomic E-state index is 0.0259. The largest absolute Gasteiger partial charge is 0.281 e. The summed E-state index contributed by atoms with van der Waals surface area (Å²) in [5, 5.41) is 0.720. The Kier molecular flexibility index (Phi) is 5.92. The lowest BCUT2D eigenvalue weighted by Crippen LogP contribution is -2.32. The highest BCUT2D eigenvalue weighted by molar-refractivity contribution is 8.00. The van der Waals surface area contributed by atoms with Gasteiger partial charge in [0.25, 0.3) is 0 Å². The van der Waals surface area contributed by atoms with E-state index in [1.54, 1.807) is 22.4 Å². The predicted molar refractivity (Wildman–Crippen MR) is 122 cm³/mol. The van der Waals surface area contributed by atoms with E-state index in [0.717, 1.165) is 25.9 Å². The molecule has 2 heterocycles. The van der Waals surface area contributed by atoms with E-state index >= 15 is 0 Å². The van der Waals surface area contributed by atoms with Gasteiger partial charge in [-0.05, 0) is 55.3 Å². The number of hydrogen-bond donors (Lipinski definition) is 0. The van der Waals surface area contributed by atoms with Gasteiger partial charge in [-0.25, -0.2) is 4.98 Å². The third kappa shape index (κ3) is 4.66. The van der Waals surface area contributed by atoms with Crippen molar-refractivity contribution in [2.24, 2.45) is 0 Å². The molecule has 146 valence electrons. The summed E-state index contributed by atoms with van der Waals surface area (Å²) < 4.78 is 1.13. The molecule has 6 heteroatoms. The zero-order valence-electron chi connectivity index (χ0n) is 16.3. The number of anilines is 1. The Morgan fingerprint density at radius 2 is 1.86 bits per heavy atom. The minimum Gasteiger partial charge on any atom is -0.281 e. The Hall–Kier alpha value is -2.70. The molecule has 0 aliphatic rings. The summed E-state index contributed by atoms with van der Waals surface area (Å²) in [7, 11) is 0. The molecule has 4 aromatic rings. The van der Waals surface area contributed by atoms with Crippen LogP contribution < -0.4 is 4.90 Å². The first-order valence-corrected chi connectivity index (χ1v) is 11.2. The molecule has 0 spiro atoms. The lowest BCUT2D eigenvalue weighted by Gasteiger charge is -2.19. The van der Waals surface area contributed by atoms with E-state index in [1.807, 2.05) is 48.5 Å². The smallest absolute Gasteiger partial charge is 0.239 e. The van der Waals surface area contributed by atoms with Crippen molar-refractivity contribution < 1.29 is 4.79 Å². The van der Waals surface area contributed by atoms with Crippen molar-refractivity contribution >= 4 is 44.4 Å². The fraction of sp³-hybridized carbons (Fsp3) is 0.174. The number of pyridine rings is 1. The summed E-state index contributed by atoms with van der Waals surface area (Å²) in [5.41, 5.74) is 4.15. The normalized spacial score (nSPS) is 11.0. The Morgan fingerprint density at radius 3 is 2.62 bits per heavy atom. The van der Waals surface area contributed by atoms with Crippen molar-refractivity contribution in [2.45, 2.75) is 25.3 Å². The molecule has 29 heavy (non-hydrogen) atoms. The second-order valence-electron chi connectivity index (χ2n) is 6.83. The van der Waals surface area contributed by atoms with E-state index in [4.69, 9.17) is 4.98 Å². The van der Waals surface area contributed by atoms with Crippen molar-refractivity contribution in [1.82, 2.24) is 9.97 Å². The van der Waals surface area contributed by atoms with Gasteiger partial charge in [0.05, 0.1) is 28.2 Å². The fourth-order valence-electron chi connectivity index (χ4n) is 3.14. The van der Waals surface area contributed by atoms with Gasteiger partial charge in [-0.15, -0.1) is 11.8 Å². The molecule has 0 aliphatic heterocycles. The van der Waals surface area contributed by atoms with Gasteiger partial charge < -0.3 is 0 Å². The molecule has 4 rings (SSSR count). The van der Waals surface area contributed by atoms with Gasteiger partial charge in [0.1, 0.15) is 0 Å². The maximum Gasteiger partial charge on any atom is 0.239 e. The third-order valence-electron chi connectivity index (χ3n) is 4.49. The summed E-state index contributed by atoms with van der Waals surface area (Å²) in [6.07, 6.45) is 1.75. The first-order valence-electron chi connectivity index (χ1n) is 9.36. The summed E-state index contributed by atoms with van der Waals surface area (Å²) in [6.45, 7) is 4.57. The number of fused-ring (bicyclic) bond motifs is 1. The van der Waals surface area contributed by atoms with E-state index < -0.39 is 0 Å². The average Bonchev–Trinajstić information content (AvgIpc) is 3.16. The van der Waals surface area contributed by atoms with E-state index in [9.17, 15) is 4.79 Å². The lowest BCUT2D eigenvalue weighted by molar-refractivity contribution is -0.116. The zero-order valence-corrected chi connectivity index (χ0v) is 18.0. The van der Waals surface area contributed by atoms with Crippen molar-refractivity contribution in [2.75, 3.05) is 10.7 Å². The number of thiazole rings is 1. The molecule has 0 fully saturated rings. The van der Waals surface area contributed by atoms with Crippen LogP contribution in [-0.2, 0) is 11.3 Å². The second-order valence-corrected chi connectivity index (χ2v) is 8.86. The number of thioether (sulfide) groups is 1. The van der Waals surface area contributed by atoms with Gasteiger partial charge in [-0.3, -0.25) is 14.7 Å². The summed E-state index contributed by atoms with van der Waals surface area (Å²) in [5.74, 6) is 0.378. The van der Waals surface area contributed by atoms with E-state index in [2.05, 4.69) is 31.0 Å². The molecule has 2 aromatic carbocycles. The highest BCUT2D eigenvalue weighted by atomic mass is 32.2. The number of aromatic nitrogens is 2. The van der Waals surface area contributed by atoms with Crippen LogP contribution in [0.25, 0.3) is 10.2 Å². The molecule has 0 saturated carbocycles. The molecule has 0 N–H and O–H groups in total. The van der Waals surface area contributed by atoms with Gasteiger partial charge in [0, 0.05) is 11.1 Å². The number of carbonyl (C=O) groups excluding carboxylic acids is 1. The standard InChI is InChI=1S/C23H21N3OS2/c1-16-12-17(2)22-20(13-16)25-23(29-22)26(14-18-8-6-7-11-24-18)21(27)15-28-19-9-4-3-5-10-19/h3-13H,14-15H2,1-2H3. The van der Waals surface area contributed by atoms with Crippen LogP contribution in [0.15, 0.2) is 71.8 Å². The van der Waals surface area contributed by atoms with Crippen LogP contribution in [0.3, 0.4) is 0 Å². The SMILES string of the molecule is Cc1cc(C)c2sc(N(Cc3ccccn3)C(=O)CSc3ccccc3)nc2c1. The molecule has 2 aromatic heterocycles. The maximum absolute atomic E-state index is 13.2. The first-order chi connectivity index (χ1) is 14.1. The fourth-order valence-corrected chi connectivity index (χ4v) is 4.96. The van der Waals surface area contributed by atoms with Crippen LogP contribution in [0.1, 0.15) is 16.8 Å². The van der Waals surface area contributed by atoms with E-state index in [1.165, 1.54) is 22.9 Å². The molecular weight excluding hydrogens is 398 g/mol. The van der Waals surface area contributed by atoms with Crippen LogP contribution in [0.2, 0.25) is 0 Å². The van der Waals surface area contributed by atoms with Gasteiger partial charge >= 0.3 is 0 Å². The predicted octanol–water partition coefficient (Wildman–Crippen LogP) is 5.63. The number of carbonyl (C=O) groups is 1. The third-order valence-corrected chi connectivity index (χ3v) is 6.72. The molecule has 0 unspecified atom stereocenters. The number of rotatable bonds is 6. The molecule has 0 atom stereocenters. The zero-order chi connectivity index (χ0) is 20.2. The van der Waals surface area contributed by atoms with E-state index in [0.29, 0.717) is 12.3 Å². The Balaban J connectivity index is 1.64. The number of aryl methyl sites for hydroxylation is 2. The Bertz CT molecular complexity index is 1130. The lowest BCUT2D eigenvalue weighted by atomic mass is 10.1. The van der Waals surface area contributed by atoms with Gasteiger partial charge in [-0.1, -0.05) is 41.7 Å². The first kappa shape index (κ1) is 19.6. The number of hydrogen-bond acceptors (Lipinski definition) is 5. The highest BCUT2D eigenvalue weighted by Crippen LogP contribution is 2.33. The number of nitrogens with zero attached hydrogens (tertiary/aromatic N) is 3. The number of benzene rings is 2. The van der Waals surface area contributed by atoms with Crippen LogP contribution in [-0.4, -0.2) is 21.6 Å². The maximum atomic E-state index is 13.2.